The van der Waals surface area contributed by atoms with Gasteiger partial charge in [-0.1, -0.05) is 0 Å². The van der Waals surface area contributed by atoms with Gasteiger partial charge in [-0.2, -0.15) is 8.42 Å². The molecule has 13 heteroatoms. The predicted octanol–water partition coefficient (Wildman–Crippen LogP) is -10.2. The minimum Gasteiger partial charge on any atom is -1.00 e. The van der Waals surface area contributed by atoms with Gasteiger partial charge in [0.2, 0.25) is 0 Å². The molecule has 0 rings (SSSR count). The van der Waals surface area contributed by atoms with Crippen molar-refractivity contribution in [3.63, 3.8) is 0 Å². The first-order valence-corrected chi connectivity index (χ1v) is 4.44. The molecule has 5 N–H and O–H groups in total. The number of hydrogen-bond donors (Lipinski definition) is 5. The molecule has 0 saturated heterocycles. The summed E-state index contributed by atoms with van der Waals surface area (Å²) in [6, 6.07) is 0. The van der Waals surface area contributed by atoms with Gasteiger partial charge in [0, 0.05) is 0 Å². The molecule has 0 unspecified atom stereocenters. The van der Waals surface area contributed by atoms with E-state index < -0.39 is 18.2 Å². The van der Waals surface area contributed by atoms with Crippen LogP contribution >= 0.6 is 7.82 Å². The summed E-state index contributed by atoms with van der Waals surface area (Å²) in [6.07, 6.45) is 0. The summed E-state index contributed by atoms with van der Waals surface area (Å²) in [5.74, 6) is 0. The molecule has 0 aromatic rings. The van der Waals surface area contributed by atoms with Gasteiger partial charge in [-0.25, -0.2) is 4.57 Å². The first kappa shape index (κ1) is 29.7. The summed E-state index contributed by atoms with van der Waals surface area (Å²) in [4.78, 5) is 21.6. The second kappa shape index (κ2) is 13.0. The summed E-state index contributed by atoms with van der Waals surface area (Å²) in [7, 11) is -9.31. The molecule has 70 valence electrons. The van der Waals surface area contributed by atoms with Crippen LogP contribution in [0.4, 0.5) is 0 Å². The number of phosphoric acid groups is 1. The zero-order chi connectivity index (χ0) is 9.00. The minimum absolute atomic E-state index is 0. The number of rotatable bonds is 0. The van der Waals surface area contributed by atoms with E-state index in [1.54, 1.807) is 0 Å². The molecule has 0 aliphatic rings. The molecule has 8 nitrogen and oxygen atoms in total. The van der Waals surface area contributed by atoms with Crippen LogP contribution < -0.4 is 88.7 Å². The Hall–Kier alpha value is 2.98. The maximum atomic E-state index is 8.88. The van der Waals surface area contributed by atoms with Crippen molar-refractivity contribution in [1.82, 2.24) is 0 Å². The summed E-state index contributed by atoms with van der Waals surface area (Å²) < 4.78 is 40.5. The maximum Gasteiger partial charge on any atom is 1.00 e. The Kier molecular flexibility index (Phi) is 29.9. The maximum absolute atomic E-state index is 8.88. The monoisotopic (exact) mass is 268 g/mol. The third-order valence-corrected chi connectivity index (χ3v) is 0. The van der Waals surface area contributed by atoms with Crippen LogP contribution in [0.5, 0.6) is 0 Å². The van der Waals surface area contributed by atoms with E-state index in [4.69, 9.17) is 36.8 Å². The molecule has 0 atom stereocenters. The van der Waals surface area contributed by atoms with Gasteiger partial charge >= 0.3 is 107 Å². The van der Waals surface area contributed by atoms with Gasteiger partial charge in [-0.05, 0) is 0 Å². The topological polar surface area (TPSA) is 152 Å². The van der Waals surface area contributed by atoms with E-state index in [-0.39, 0.29) is 93.0 Å². The van der Waals surface area contributed by atoms with Gasteiger partial charge in [0.15, 0.2) is 0 Å². The van der Waals surface area contributed by atoms with E-state index >= 15 is 0 Å². The molecular formula is H8Na3O8PS. The Morgan fingerprint density at radius 1 is 0.923 bits per heavy atom. The molecule has 0 aliphatic heterocycles. The summed E-state index contributed by atoms with van der Waals surface area (Å²) in [5, 5.41) is 0. The minimum atomic E-state index is -4.67. The SMILES string of the molecule is O=P(O)(O)O.O=S(=O)(O)O.[H-].[H-].[H-].[Na+].[Na+].[Na+]. The largest absolute Gasteiger partial charge is 1.00 e. The smallest absolute Gasteiger partial charge is 1.00 e. The molecule has 0 aliphatic carbocycles. The van der Waals surface area contributed by atoms with E-state index in [2.05, 4.69) is 0 Å². The van der Waals surface area contributed by atoms with Crippen LogP contribution in [-0.4, -0.2) is 32.2 Å². The van der Waals surface area contributed by atoms with E-state index in [9.17, 15) is 0 Å². The summed E-state index contributed by atoms with van der Waals surface area (Å²) in [5.41, 5.74) is 0. The Morgan fingerprint density at radius 3 is 0.923 bits per heavy atom. The Morgan fingerprint density at radius 2 is 0.923 bits per heavy atom. The molecule has 0 radical (unpaired) electrons. The third-order valence-electron chi connectivity index (χ3n) is 0. The Balaban J connectivity index is -0.00000000970. The Bertz CT molecular complexity index is 208. The van der Waals surface area contributed by atoms with E-state index in [0.717, 1.165) is 0 Å². The predicted molar refractivity (Wildman–Crippen MR) is 31.8 cm³/mol. The van der Waals surface area contributed by atoms with Crippen LogP contribution in [0.3, 0.4) is 0 Å². The first-order valence-electron chi connectivity index (χ1n) is 1.48. The van der Waals surface area contributed by atoms with Crippen molar-refractivity contribution in [2.75, 3.05) is 0 Å². The summed E-state index contributed by atoms with van der Waals surface area (Å²) in [6.45, 7) is 0. The molecule has 0 fully saturated rings. The van der Waals surface area contributed by atoms with E-state index in [1.165, 1.54) is 0 Å². The zero-order valence-electron chi connectivity index (χ0n) is 10.3. The first-order chi connectivity index (χ1) is 4.00. The van der Waals surface area contributed by atoms with Crippen LogP contribution in [0.25, 0.3) is 0 Å². The normalized spacial score (nSPS) is 9.00. The van der Waals surface area contributed by atoms with E-state index in [1.807, 2.05) is 0 Å². The van der Waals surface area contributed by atoms with Gasteiger partial charge < -0.3 is 19.0 Å². The Labute approximate surface area is 146 Å². The second-order valence-electron chi connectivity index (χ2n) is 0.961. The molecule has 0 bridgehead atoms. The zero-order valence-corrected chi connectivity index (χ0v) is 15.0. The van der Waals surface area contributed by atoms with Crippen molar-refractivity contribution >= 4 is 18.2 Å². The van der Waals surface area contributed by atoms with Crippen molar-refractivity contribution < 1.29 is 130 Å². The fraction of sp³-hybridized carbons (Fsp3) is 0. The molecule has 13 heavy (non-hydrogen) atoms. The third kappa shape index (κ3) is 284. The average Bonchev–Trinajstić information content (AvgIpc) is 1.12. The second-order valence-corrected chi connectivity index (χ2v) is 2.88. The molecule has 0 aromatic heterocycles. The van der Waals surface area contributed by atoms with Crippen LogP contribution in [0.15, 0.2) is 0 Å². The van der Waals surface area contributed by atoms with E-state index in [0.29, 0.717) is 0 Å². The molecule has 0 saturated carbocycles. The fourth-order valence-corrected chi connectivity index (χ4v) is 0. The van der Waals surface area contributed by atoms with Gasteiger partial charge in [0.1, 0.15) is 0 Å². The standard InChI is InChI=1S/3Na.H3O4P.H2O4S.3H/c;;;2*1-5(2,3)4;;;/h;;;(H3,1,2,3,4);(H2,1,2,3,4);;;/q3*+1;;;3*-1. The van der Waals surface area contributed by atoms with Gasteiger partial charge in [0.25, 0.3) is 0 Å². The quantitative estimate of drug-likeness (QED) is 0.165. The van der Waals surface area contributed by atoms with Crippen LogP contribution in [0.2, 0.25) is 0 Å². The molecular weight excluding hydrogens is 260 g/mol. The summed E-state index contributed by atoms with van der Waals surface area (Å²) >= 11 is 0. The van der Waals surface area contributed by atoms with Gasteiger partial charge in [0.05, 0.1) is 0 Å². The van der Waals surface area contributed by atoms with Crippen molar-refractivity contribution in [1.29, 1.82) is 0 Å². The van der Waals surface area contributed by atoms with Gasteiger partial charge in [-0.3, -0.25) is 9.11 Å². The van der Waals surface area contributed by atoms with Crippen molar-refractivity contribution in [3.05, 3.63) is 0 Å². The molecule has 0 aromatic carbocycles. The van der Waals surface area contributed by atoms with Crippen LogP contribution in [-0.2, 0) is 15.0 Å². The van der Waals surface area contributed by atoms with Crippen molar-refractivity contribution in [3.8, 4) is 0 Å². The average molecular weight is 268 g/mol. The molecule has 0 spiro atoms. The number of hydrogen-bond acceptors (Lipinski definition) is 3. The fourth-order valence-electron chi connectivity index (χ4n) is 0. The van der Waals surface area contributed by atoms with Crippen LogP contribution in [0, 0.1) is 0 Å². The van der Waals surface area contributed by atoms with Crippen molar-refractivity contribution in [2.24, 2.45) is 0 Å². The molecule has 0 amide bonds. The molecule has 0 heterocycles. The van der Waals surface area contributed by atoms with Crippen molar-refractivity contribution in [2.45, 2.75) is 0 Å². The van der Waals surface area contributed by atoms with Gasteiger partial charge in [-0.15, -0.1) is 0 Å². The van der Waals surface area contributed by atoms with Crippen LogP contribution in [0.1, 0.15) is 4.28 Å².